The molecule has 20 heavy (non-hydrogen) atoms. The Bertz CT molecular complexity index is 333. The van der Waals surface area contributed by atoms with Crippen LogP contribution in [0.2, 0.25) is 0 Å². The smallest absolute Gasteiger partial charge is 0.332 e. The first-order chi connectivity index (χ1) is 9.18. The fourth-order valence-corrected chi connectivity index (χ4v) is 2.92. The van der Waals surface area contributed by atoms with Crippen LogP contribution in [0.3, 0.4) is 0 Å². The molecule has 2 atom stereocenters. The summed E-state index contributed by atoms with van der Waals surface area (Å²) in [6.07, 6.45) is -0.316. The Balaban J connectivity index is 2.80. The van der Waals surface area contributed by atoms with Crippen LogP contribution in [0.25, 0.3) is 0 Å². The first-order valence-electron chi connectivity index (χ1n) is 7.33. The third-order valence-electron chi connectivity index (χ3n) is 3.90. The molecule has 0 aliphatic heterocycles. The van der Waals surface area contributed by atoms with Crippen LogP contribution in [0.4, 0.5) is 13.2 Å². The van der Waals surface area contributed by atoms with E-state index < -0.39 is 24.2 Å². The van der Waals surface area contributed by atoms with Gasteiger partial charge in [0.2, 0.25) is 5.91 Å². The summed E-state index contributed by atoms with van der Waals surface area (Å²) in [6.45, 7) is 2.81. The van der Waals surface area contributed by atoms with Crippen molar-refractivity contribution in [1.82, 2.24) is 4.90 Å². The summed E-state index contributed by atoms with van der Waals surface area (Å²) in [5.74, 6) is -0.244. The summed E-state index contributed by atoms with van der Waals surface area (Å²) in [5, 5.41) is 0. The number of carbonyl (C=O) groups excluding carboxylic acids is 1. The Kier molecular flexibility index (Phi) is 5.86. The summed E-state index contributed by atoms with van der Waals surface area (Å²) < 4.78 is 37.9. The zero-order chi connectivity index (χ0) is 15.4. The summed E-state index contributed by atoms with van der Waals surface area (Å²) in [6, 6.07) is 0. The number of hydrogen-bond donors (Lipinski definition) is 1. The average molecular weight is 294 g/mol. The van der Waals surface area contributed by atoms with Crippen LogP contribution in [0, 0.1) is 5.92 Å². The van der Waals surface area contributed by atoms with Crippen LogP contribution < -0.4 is 5.73 Å². The zero-order valence-electron chi connectivity index (χ0n) is 12.3. The lowest BCUT2D eigenvalue weighted by molar-refractivity contribution is -0.165. The van der Waals surface area contributed by atoms with Crippen molar-refractivity contribution in [3.05, 3.63) is 0 Å². The van der Waals surface area contributed by atoms with Crippen LogP contribution in [-0.2, 0) is 4.79 Å². The molecule has 1 fully saturated rings. The summed E-state index contributed by atoms with van der Waals surface area (Å²) >= 11 is 0. The molecule has 0 radical (unpaired) electrons. The Morgan fingerprint density at radius 3 is 2.60 bits per heavy atom. The molecule has 0 bridgehead atoms. The van der Waals surface area contributed by atoms with Crippen LogP contribution in [0.5, 0.6) is 0 Å². The lowest BCUT2D eigenvalue weighted by atomic mass is 9.76. The first kappa shape index (κ1) is 17.3. The molecule has 0 aromatic carbocycles. The van der Waals surface area contributed by atoms with Gasteiger partial charge in [-0.2, -0.15) is 13.2 Å². The van der Waals surface area contributed by atoms with Gasteiger partial charge in [0.15, 0.2) is 0 Å². The van der Waals surface area contributed by atoms with Gasteiger partial charge in [-0.3, -0.25) is 4.79 Å². The minimum atomic E-state index is -4.37. The van der Waals surface area contributed by atoms with Crippen molar-refractivity contribution < 1.29 is 18.0 Å². The molecule has 6 heteroatoms. The van der Waals surface area contributed by atoms with Gasteiger partial charge in [0.1, 0.15) is 6.54 Å². The SMILES string of the molecule is CCCCN(CC(F)(F)F)C(=O)C1(N)CCCC(C)C1. The monoisotopic (exact) mass is 294 g/mol. The molecule has 1 aliphatic rings. The molecule has 0 aromatic heterocycles. The third-order valence-corrected chi connectivity index (χ3v) is 3.90. The van der Waals surface area contributed by atoms with E-state index in [1.54, 1.807) is 0 Å². The minimum Gasteiger partial charge on any atom is -0.332 e. The number of unbranched alkanes of at least 4 members (excludes halogenated alkanes) is 1. The van der Waals surface area contributed by atoms with Crippen LogP contribution in [0.1, 0.15) is 52.4 Å². The Morgan fingerprint density at radius 2 is 2.10 bits per heavy atom. The summed E-state index contributed by atoms with van der Waals surface area (Å²) in [7, 11) is 0. The summed E-state index contributed by atoms with van der Waals surface area (Å²) in [4.78, 5) is 13.4. The van der Waals surface area contributed by atoms with E-state index >= 15 is 0 Å². The number of hydrogen-bond acceptors (Lipinski definition) is 2. The van der Waals surface area contributed by atoms with Gasteiger partial charge in [0, 0.05) is 6.54 Å². The summed E-state index contributed by atoms with van der Waals surface area (Å²) in [5.41, 5.74) is 5.01. The highest BCUT2D eigenvalue weighted by molar-refractivity contribution is 5.86. The molecule has 0 spiro atoms. The Labute approximate surface area is 118 Å². The maximum Gasteiger partial charge on any atom is 0.406 e. The number of halogens is 3. The average Bonchev–Trinajstić information content (AvgIpc) is 2.32. The van der Waals surface area contributed by atoms with E-state index in [4.69, 9.17) is 5.73 Å². The van der Waals surface area contributed by atoms with Gasteiger partial charge in [0.25, 0.3) is 0 Å². The van der Waals surface area contributed by atoms with E-state index in [-0.39, 0.29) is 12.5 Å². The molecule has 0 aromatic rings. The maximum absolute atomic E-state index is 12.6. The van der Waals surface area contributed by atoms with E-state index in [0.29, 0.717) is 19.3 Å². The molecule has 0 heterocycles. The number of rotatable bonds is 5. The standard InChI is InChI=1S/C14H25F3N2O/c1-3-4-8-19(10-14(15,16)17)12(20)13(18)7-5-6-11(2)9-13/h11H,3-10,18H2,1-2H3. The number of nitrogens with zero attached hydrogens (tertiary/aromatic N) is 1. The number of alkyl halides is 3. The molecule has 0 saturated heterocycles. The molecular weight excluding hydrogens is 269 g/mol. The molecule has 1 aliphatic carbocycles. The quantitative estimate of drug-likeness (QED) is 0.847. The molecule has 2 unspecified atom stereocenters. The van der Waals surface area contributed by atoms with Gasteiger partial charge < -0.3 is 10.6 Å². The van der Waals surface area contributed by atoms with E-state index in [1.807, 2.05) is 13.8 Å². The number of carbonyl (C=O) groups is 1. The van der Waals surface area contributed by atoms with Crippen molar-refractivity contribution in [3.8, 4) is 0 Å². The lowest BCUT2D eigenvalue weighted by Crippen LogP contribution is -2.58. The Hall–Kier alpha value is -0.780. The Morgan fingerprint density at radius 1 is 1.45 bits per heavy atom. The highest BCUT2D eigenvalue weighted by Crippen LogP contribution is 2.32. The van der Waals surface area contributed by atoms with Gasteiger partial charge in [-0.15, -0.1) is 0 Å². The molecule has 118 valence electrons. The van der Waals surface area contributed by atoms with Crippen molar-refractivity contribution >= 4 is 5.91 Å². The predicted molar refractivity (Wildman–Crippen MR) is 72.1 cm³/mol. The number of nitrogens with two attached hydrogens (primary N) is 1. The lowest BCUT2D eigenvalue weighted by Gasteiger charge is -2.39. The zero-order valence-corrected chi connectivity index (χ0v) is 12.3. The third kappa shape index (κ3) is 4.96. The van der Waals surface area contributed by atoms with Crippen molar-refractivity contribution in [1.29, 1.82) is 0 Å². The van der Waals surface area contributed by atoms with Crippen LogP contribution in [-0.4, -0.2) is 35.6 Å². The highest BCUT2D eigenvalue weighted by atomic mass is 19.4. The number of amides is 1. The largest absolute Gasteiger partial charge is 0.406 e. The van der Waals surface area contributed by atoms with Crippen molar-refractivity contribution in [2.45, 2.75) is 64.1 Å². The van der Waals surface area contributed by atoms with Crippen molar-refractivity contribution in [2.24, 2.45) is 11.7 Å². The van der Waals surface area contributed by atoms with E-state index in [1.165, 1.54) is 0 Å². The topological polar surface area (TPSA) is 46.3 Å². The normalized spacial score (nSPS) is 27.4. The van der Waals surface area contributed by atoms with Gasteiger partial charge in [-0.05, 0) is 25.2 Å². The van der Waals surface area contributed by atoms with Crippen LogP contribution >= 0.6 is 0 Å². The molecule has 1 amide bonds. The second kappa shape index (κ2) is 6.78. The van der Waals surface area contributed by atoms with E-state index in [2.05, 4.69) is 0 Å². The first-order valence-corrected chi connectivity index (χ1v) is 7.33. The van der Waals surface area contributed by atoms with Gasteiger partial charge in [-0.1, -0.05) is 33.1 Å². The fraction of sp³-hybridized carbons (Fsp3) is 0.929. The van der Waals surface area contributed by atoms with Crippen molar-refractivity contribution in [2.75, 3.05) is 13.1 Å². The molecule has 1 rings (SSSR count). The van der Waals surface area contributed by atoms with Crippen molar-refractivity contribution in [3.63, 3.8) is 0 Å². The van der Waals surface area contributed by atoms with Gasteiger partial charge >= 0.3 is 6.18 Å². The van der Waals surface area contributed by atoms with Gasteiger partial charge in [0.05, 0.1) is 5.54 Å². The molecule has 1 saturated carbocycles. The second-order valence-electron chi connectivity index (χ2n) is 6.05. The van der Waals surface area contributed by atoms with E-state index in [9.17, 15) is 18.0 Å². The van der Waals surface area contributed by atoms with E-state index in [0.717, 1.165) is 24.2 Å². The fourth-order valence-electron chi connectivity index (χ4n) is 2.92. The predicted octanol–water partition coefficient (Wildman–Crippen LogP) is 3.09. The minimum absolute atomic E-state index is 0.127. The molecular formula is C14H25F3N2O. The maximum atomic E-state index is 12.6. The second-order valence-corrected chi connectivity index (χ2v) is 6.05. The van der Waals surface area contributed by atoms with Gasteiger partial charge in [-0.25, -0.2) is 0 Å². The van der Waals surface area contributed by atoms with Crippen LogP contribution in [0.15, 0.2) is 0 Å². The molecule has 3 nitrogen and oxygen atoms in total. The highest BCUT2D eigenvalue weighted by Gasteiger charge is 2.43. The molecule has 2 N–H and O–H groups in total.